The second-order valence-electron chi connectivity index (χ2n) is 2.29. The zero-order valence-corrected chi connectivity index (χ0v) is 7.91. The van der Waals surface area contributed by atoms with Crippen molar-refractivity contribution in [3.05, 3.63) is 34.5 Å². The number of hydrogen-bond acceptors (Lipinski definition) is 2. The number of terminal acetylenes is 1. The molecule has 58 valence electrons. The molecule has 2 heterocycles. The van der Waals surface area contributed by atoms with Gasteiger partial charge in [0.05, 0.1) is 4.88 Å². The largest absolute Gasteiger partial charge is 0.143 e. The predicted molar refractivity (Wildman–Crippen MR) is 55.6 cm³/mol. The molecule has 0 unspecified atom stereocenters. The Bertz CT molecular complexity index is 401. The first-order valence-electron chi connectivity index (χ1n) is 3.50. The Morgan fingerprint density at radius 2 is 2.08 bits per heavy atom. The summed E-state index contributed by atoms with van der Waals surface area (Å²) in [6.07, 6.45) is 5.36. The fraction of sp³-hybridized carbons (Fsp3) is 0. The molecule has 2 heteroatoms. The molecule has 12 heavy (non-hydrogen) atoms. The van der Waals surface area contributed by atoms with Gasteiger partial charge in [-0.2, -0.15) is 0 Å². The van der Waals surface area contributed by atoms with Gasteiger partial charge in [-0.15, -0.1) is 29.1 Å². The van der Waals surface area contributed by atoms with Crippen LogP contribution in [0.4, 0.5) is 0 Å². The summed E-state index contributed by atoms with van der Waals surface area (Å²) >= 11 is 3.42. The summed E-state index contributed by atoms with van der Waals surface area (Å²) < 4.78 is 0. The van der Waals surface area contributed by atoms with Crippen LogP contribution in [-0.2, 0) is 0 Å². The van der Waals surface area contributed by atoms with Crippen LogP contribution in [0, 0.1) is 12.3 Å². The van der Waals surface area contributed by atoms with Crippen molar-refractivity contribution in [2.24, 2.45) is 0 Å². The highest BCUT2D eigenvalue weighted by Crippen LogP contribution is 2.32. The van der Waals surface area contributed by atoms with Crippen LogP contribution in [0.3, 0.4) is 0 Å². The van der Waals surface area contributed by atoms with Crippen LogP contribution in [0.5, 0.6) is 0 Å². The standard InChI is InChI=1S/C10H6S2/c1-2-8-5-7-12-10(8)9-4-3-6-11-9/h1,3-7H. The molecule has 0 amide bonds. The minimum absolute atomic E-state index is 1.00. The van der Waals surface area contributed by atoms with Gasteiger partial charge in [0.2, 0.25) is 0 Å². The zero-order valence-electron chi connectivity index (χ0n) is 6.28. The van der Waals surface area contributed by atoms with Crippen molar-refractivity contribution in [3.8, 4) is 22.1 Å². The fourth-order valence-corrected chi connectivity index (χ4v) is 2.77. The van der Waals surface area contributed by atoms with Gasteiger partial charge in [-0.3, -0.25) is 0 Å². The third kappa shape index (κ3) is 1.18. The first-order chi connectivity index (χ1) is 5.92. The second kappa shape index (κ2) is 3.14. The van der Waals surface area contributed by atoms with Crippen LogP contribution < -0.4 is 0 Å². The summed E-state index contributed by atoms with van der Waals surface area (Å²) in [5, 5.41) is 4.10. The lowest BCUT2D eigenvalue weighted by molar-refractivity contribution is 1.83. The average molecular weight is 190 g/mol. The molecule has 0 spiro atoms. The third-order valence-electron chi connectivity index (χ3n) is 1.57. The molecule has 0 aliphatic heterocycles. The van der Waals surface area contributed by atoms with Crippen molar-refractivity contribution >= 4 is 22.7 Å². The summed E-state index contributed by atoms with van der Waals surface area (Å²) in [6.45, 7) is 0. The molecule has 2 aromatic rings. The fourth-order valence-electron chi connectivity index (χ4n) is 1.02. The smallest absolute Gasteiger partial charge is 0.0598 e. The topological polar surface area (TPSA) is 0 Å². The Hall–Kier alpha value is -1.04. The Kier molecular flexibility index (Phi) is 1.99. The quantitative estimate of drug-likeness (QED) is 0.604. The number of hydrogen-bond donors (Lipinski definition) is 0. The van der Waals surface area contributed by atoms with Gasteiger partial charge in [0.1, 0.15) is 0 Å². The van der Waals surface area contributed by atoms with Gasteiger partial charge in [-0.1, -0.05) is 12.0 Å². The van der Waals surface area contributed by atoms with Crippen LogP contribution in [0.2, 0.25) is 0 Å². The minimum atomic E-state index is 1.00. The lowest BCUT2D eigenvalue weighted by atomic mass is 10.2. The molecule has 0 aliphatic carbocycles. The van der Waals surface area contributed by atoms with Crippen molar-refractivity contribution in [2.45, 2.75) is 0 Å². The van der Waals surface area contributed by atoms with Gasteiger partial charge in [0, 0.05) is 10.4 Å². The molecule has 0 nitrogen and oxygen atoms in total. The van der Waals surface area contributed by atoms with E-state index in [-0.39, 0.29) is 0 Å². The molecule has 0 aliphatic rings. The third-order valence-corrected chi connectivity index (χ3v) is 3.53. The Labute approximate surface area is 79.5 Å². The Balaban J connectivity index is 2.55. The Morgan fingerprint density at radius 3 is 2.75 bits per heavy atom. The van der Waals surface area contributed by atoms with Crippen molar-refractivity contribution in [1.82, 2.24) is 0 Å². The molecular formula is C10H6S2. The van der Waals surface area contributed by atoms with E-state index in [0.29, 0.717) is 0 Å². The van der Waals surface area contributed by atoms with Gasteiger partial charge >= 0.3 is 0 Å². The molecule has 2 aromatic heterocycles. The molecule has 0 fully saturated rings. The van der Waals surface area contributed by atoms with E-state index in [1.54, 1.807) is 22.7 Å². The molecule has 0 bridgehead atoms. The maximum absolute atomic E-state index is 5.36. The van der Waals surface area contributed by atoms with Crippen molar-refractivity contribution < 1.29 is 0 Å². The maximum atomic E-state index is 5.36. The summed E-state index contributed by atoms with van der Waals surface area (Å²) in [4.78, 5) is 2.48. The summed E-state index contributed by atoms with van der Waals surface area (Å²) in [5.41, 5.74) is 1.00. The van der Waals surface area contributed by atoms with Gasteiger partial charge in [-0.05, 0) is 22.9 Å². The summed E-state index contributed by atoms with van der Waals surface area (Å²) in [6, 6.07) is 6.12. The summed E-state index contributed by atoms with van der Waals surface area (Å²) in [5.74, 6) is 2.68. The molecule has 0 radical (unpaired) electrons. The number of rotatable bonds is 1. The van der Waals surface area contributed by atoms with Crippen molar-refractivity contribution in [2.75, 3.05) is 0 Å². The van der Waals surface area contributed by atoms with Crippen molar-refractivity contribution in [1.29, 1.82) is 0 Å². The first kappa shape index (κ1) is 7.60. The lowest BCUT2D eigenvalue weighted by Gasteiger charge is -1.91. The first-order valence-corrected chi connectivity index (χ1v) is 5.25. The zero-order chi connectivity index (χ0) is 8.39. The van der Waals surface area contributed by atoms with E-state index in [1.165, 1.54) is 9.75 Å². The van der Waals surface area contributed by atoms with Crippen LogP contribution in [0.1, 0.15) is 5.56 Å². The van der Waals surface area contributed by atoms with Gasteiger partial charge in [0.15, 0.2) is 0 Å². The highest BCUT2D eigenvalue weighted by molar-refractivity contribution is 7.20. The van der Waals surface area contributed by atoms with E-state index in [4.69, 9.17) is 6.42 Å². The van der Waals surface area contributed by atoms with E-state index in [9.17, 15) is 0 Å². The van der Waals surface area contributed by atoms with E-state index >= 15 is 0 Å². The van der Waals surface area contributed by atoms with Crippen LogP contribution in [0.15, 0.2) is 29.0 Å². The molecule has 2 rings (SSSR count). The van der Waals surface area contributed by atoms with Crippen molar-refractivity contribution in [3.63, 3.8) is 0 Å². The van der Waals surface area contributed by atoms with Gasteiger partial charge in [0.25, 0.3) is 0 Å². The van der Waals surface area contributed by atoms with E-state index in [2.05, 4.69) is 17.4 Å². The normalized spacial score (nSPS) is 9.58. The van der Waals surface area contributed by atoms with Crippen LogP contribution in [0.25, 0.3) is 9.75 Å². The average Bonchev–Trinajstić information content (AvgIpc) is 2.74. The maximum Gasteiger partial charge on any atom is 0.0598 e. The van der Waals surface area contributed by atoms with E-state index < -0.39 is 0 Å². The molecule has 0 saturated carbocycles. The van der Waals surface area contributed by atoms with Gasteiger partial charge < -0.3 is 0 Å². The second-order valence-corrected chi connectivity index (χ2v) is 4.15. The monoisotopic (exact) mass is 190 g/mol. The molecule has 0 saturated heterocycles. The van der Waals surface area contributed by atoms with Gasteiger partial charge in [-0.25, -0.2) is 0 Å². The minimum Gasteiger partial charge on any atom is -0.143 e. The van der Waals surface area contributed by atoms with E-state index in [1.807, 2.05) is 17.5 Å². The van der Waals surface area contributed by atoms with Crippen LogP contribution >= 0.6 is 22.7 Å². The predicted octanol–water partition coefficient (Wildman–Crippen LogP) is 3.46. The molecule has 0 atom stereocenters. The Morgan fingerprint density at radius 1 is 1.17 bits per heavy atom. The van der Waals surface area contributed by atoms with Crippen LogP contribution in [-0.4, -0.2) is 0 Å². The SMILES string of the molecule is C#Cc1ccsc1-c1cccs1. The molecular weight excluding hydrogens is 184 g/mol. The molecule has 0 aromatic carbocycles. The van der Waals surface area contributed by atoms with E-state index in [0.717, 1.165) is 5.56 Å². The highest BCUT2D eigenvalue weighted by Gasteiger charge is 2.04. The lowest BCUT2D eigenvalue weighted by Crippen LogP contribution is -1.69. The highest BCUT2D eigenvalue weighted by atomic mass is 32.1. The molecule has 0 N–H and O–H groups in total. The summed E-state index contributed by atoms with van der Waals surface area (Å²) in [7, 11) is 0. The number of thiophene rings is 2.